The number of hydrogen-bond donors (Lipinski definition) is 2. The number of nitrogens with zero attached hydrogens (tertiary/aromatic N) is 1. The Morgan fingerprint density at radius 2 is 2.33 bits per heavy atom. The molecule has 0 saturated heterocycles. The van der Waals surface area contributed by atoms with Gasteiger partial charge >= 0.3 is 6.03 Å². The number of urea groups is 1. The molecule has 1 atom stereocenters. The van der Waals surface area contributed by atoms with E-state index in [0.717, 1.165) is 10.0 Å². The fourth-order valence-electron chi connectivity index (χ4n) is 1.47. The second-order valence-electron chi connectivity index (χ2n) is 3.71. The van der Waals surface area contributed by atoms with E-state index in [9.17, 15) is 4.79 Å². The van der Waals surface area contributed by atoms with Crippen molar-refractivity contribution in [2.75, 3.05) is 5.32 Å². The van der Waals surface area contributed by atoms with Gasteiger partial charge in [-0.25, -0.2) is 9.78 Å². The molecule has 18 heavy (non-hydrogen) atoms. The van der Waals surface area contributed by atoms with Crippen LogP contribution in [0.15, 0.2) is 40.3 Å². The van der Waals surface area contributed by atoms with Gasteiger partial charge < -0.3 is 5.32 Å². The zero-order chi connectivity index (χ0) is 13.0. The first-order valence-electron chi connectivity index (χ1n) is 5.37. The highest BCUT2D eigenvalue weighted by atomic mass is 79.9. The third-order valence-electron chi connectivity index (χ3n) is 2.35. The van der Waals surface area contributed by atoms with Gasteiger partial charge in [-0.1, -0.05) is 28.1 Å². The van der Waals surface area contributed by atoms with E-state index in [-0.39, 0.29) is 12.1 Å². The Labute approximate surface area is 118 Å². The summed E-state index contributed by atoms with van der Waals surface area (Å²) in [4.78, 5) is 15.7. The van der Waals surface area contributed by atoms with Crippen LogP contribution in [-0.2, 0) is 0 Å². The van der Waals surface area contributed by atoms with Crippen molar-refractivity contribution >= 4 is 38.4 Å². The molecule has 1 heterocycles. The quantitative estimate of drug-likeness (QED) is 0.902. The molecule has 0 bridgehead atoms. The Balaban J connectivity index is 1.95. The SMILES string of the molecule is C[C@H](NC(=O)Nc1nccs1)c1cccc(Br)c1. The number of amides is 2. The monoisotopic (exact) mass is 325 g/mol. The lowest BCUT2D eigenvalue weighted by Gasteiger charge is -2.14. The number of rotatable bonds is 3. The van der Waals surface area contributed by atoms with Gasteiger partial charge in [-0.05, 0) is 24.6 Å². The molecule has 0 spiro atoms. The molecule has 2 aromatic rings. The van der Waals surface area contributed by atoms with Crippen LogP contribution in [0.3, 0.4) is 0 Å². The highest BCUT2D eigenvalue weighted by Gasteiger charge is 2.10. The fraction of sp³-hybridized carbons (Fsp3) is 0.167. The summed E-state index contributed by atoms with van der Waals surface area (Å²) in [7, 11) is 0. The third-order valence-corrected chi connectivity index (χ3v) is 3.53. The topological polar surface area (TPSA) is 54.0 Å². The molecule has 0 aliphatic rings. The Bertz CT molecular complexity index is 530. The number of carbonyl (C=O) groups is 1. The van der Waals surface area contributed by atoms with Gasteiger partial charge in [0.15, 0.2) is 5.13 Å². The summed E-state index contributed by atoms with van der Waals surface area (Å²) in [5.74, 6) is 0. The second-order valence-corrected chi connectivity index (χ2v) is 5.52. The van der Waals surface area contributed by atoms with E-state index in [1.165, 1.54) is 11.3 Å². The van der Waals surface area contributed by atoms with Gasteiger partial charge in [-0.3, -0.25) is 5.32 Å². The summed E-state index contributed by atoms with van der Waals surface area (Å²) >= 11 is 4.79. The lowest BCUT2D eigenvalue weighted by molar-refractivity contribution is 0.249. The molecular weight excluding hydrogens is 314 g/mol. The maximum absolute atomic E-state index is 11.7. The Morgan fingerprint density at radius 1 is 1.50 bits per heavy atom. The minimum absolute atomic E-state index is 0.0672. The van der Waals surface area contributed by atoms with Crippen LogP contribution < -0.4 is 10.6 Å². The first kappa shape index (κ1) is 13.0. The molecular formula is C12H12BrN3OS. The van der Waals surface area contributed by atoms with E-state index < -0.39 is 0 Å². The minimum atomic E-state index is -0.252. The average molecular weight is 326 g/mol. The van der Waals surface area contributed by atoms with Crippen molar-refractivity contribution in [2.24, 2.45) is 0 Å². The zero-order valence-electron chi connectivity index (χ0n) is 9.68. The maximum Gasteiger partial charge on any atom is 0.321 e. The van der Waals surface area contributed by atoms with Crippen LogP contribution in [-0.4, -0.2) is 11.0 Å². The molecule has 1 aromatic carbocycles. The summed E-state index contributed by atoms with van der Waals surface area (Å²) in [6, 6.07) is 7.52. The van der Waals surface area contributed by atoms with E-state index in [4.69, 9.17) is 0 Å². The number of hydrogen-bond acceptors (Lipinski definition) is 3. The minimum Gasteiger partial charge on any atom is -0.331 e. The largest absolute Gasteiger partial charge is 0.331 e. The lowest BCUT2D eigenvalue weighted by atomic mass is 10.1. The van der Waals surface area contributed by atoms with E-state index in [2.05, 4.69) is 31.5 Å². The predicted octanol–water partition coefficient (Wildman–Crippen LogP) is 3.79. The highest BCUT2D eigenvalue weighted by Crippen LogP contribution is 2.18. The summed E-state index contributed by atoms with van der Waals surface area (Å²) in [6.07, 6.45) is 1.65. The van der Waals surface area contributed by atoms with E-state index in [1.54, 1.807) is 6.20 Å². The molecule has 0 fully saturated rings. The molecule has 0 aliphatic heterocycles. The van der Waals surface area contributed by atoms with E-state index >= 15 is 0 Å². The molecule has 2 amide bonds. The molecule has 94 valence electrons. The first-order valence-corrected chi connectivity index (χ1v) is 7.05. The van der Waals surface area contributed by atoms with Gasteiger partial charge in [0.2, 0.25) is 0 Å². The number of benzene rings is 1. The van der Waals surface area contributed by atoms with Crippen molar-refractivity contribution in [3.8, 4) is 0 Å². The third kappa shape index (κ3) is 3.54. The molecule has 2 N–H and O–H groups in total. The van der Waals surface area contributed by atoms with Crippen molar-refractivity contribution < 1.29 is 4.79 Å². The highest BCUT2D eigenvalue weighted by molar-refractivity contribution is 9.10. The average Bonchev–Trinajstić information content (AvgIpc) is 2.81. The standard InChI is InChI=1S/C12H12BrN3OS/c1-8(9-3-2-4-10(13)7-9)15-11(17)16-12-14-5-6-18-12/h2-8H,1H3,(H2,14,15,16,17)/t8-/m0/s1. The Morgan fingerprint density at radius 3 is 3.00 bits per heavy atom. The predicted molar refractivity (Wildman–Crippen MR) is 76.8 cm³/mol. The molecule has 4 nitrogen and oxygen atoms in total. The second kappa shape index (κ2) is 5.97. The Hall–Kier alpha value is -1.40. The number of anilines is 1. The van der Waals surface area contributed by atoms with Gasteiger partial charge in [0.25, 0.3) is 0 Å². The van der Waals surface area contributed by atoms with E-state index in [1.807, 2.05) is 36.6 Å². The van der Waals surface area contributed by atoms with E-state index in [0.29, 0.717) is 5.13 Å². The maximum atomic E-state index is 11.7. The number of nitrogens with one attached hydrogen (secondary N) is 2. The van der Waals surface area contributed by atoms with Crippen molar-refractivity contribution in [1.82, 2.24) is 10.3 Å². The van der Waals surface area contributed by atoms with Gasteiger partial charge in [0.1, 0.15) is 0 Å². The molecule has 1 aromatic heterocycles. The van der Waals surface area contributed by atoms with Crippen LogP contribution in [0.25, 0.3) is 0 Å². The number of carbonyl (C=O) groups excluding carboxylic acids is 1. The van der Waals surface area contributed by atoms with Crippen molar-refractivity contribution in [3.63, 3.8) is 0 Å². The van der Waals surface area contributed by atoms with Crippen LogP contribution in [0.5, 0.6) is 0 Å². The molecule has 2 rings (SSSR count). The van der Waals surface area contributed by atoms with Gasteiger partial charge in [-0.2, -0.15) is 0 Å². The van der Waals surface area contributed by atoms with Crippen molar-refractivity contribution in [2.45, 2.75) is 13.0 Å². The van der Waals surface area contributed by atoms with Crippen LogP contribution in [0.2, 0.25) is 0 Å². The molecule has 6 heteroatoms. The summed E-state index contributed by atoms with van der Waals surface area (Å²) < 4.78 is 0.994. The van der Waals surface area contributed by atoms with Gasteiger partial charge in [0.05, 0.1) is 6.04 Å². The lowest BCUT2D eigenvalue weighted by Crippen LogP contribution is -2.31. The van der Waals surface area contributed by atoms with Crippen molar-refractivity contribution in [3.05, 3.63) is 45.9 Å². The van der Waals surface area contributed by atoms with Gasteiger partial charge in [-0.15, -0.1) is 11.3 Å². The van der Waals surface area contributed by atoms with Gasteiger partial charge in [0, 0.05) is 16.0 Å². The molecule has 0 aliphatic carbocycles. The Kier molecular flexibility index (Phi) is 4.33. The molecule has 0 unspecified atom stereocenters. The summed E-state index contributed by atoms with van der Waals surface area (Å²) in [5.41, 5.74) is 1.04. The van der Waals surface area contributed by atoms with Crippen LogP contribution in [0, 0.1) is 0 Å². The number of thiazole rings is 1. The van der Waals surface area contributed by atoms with Crippen LogP contribution >= 0.6 is 27.3 Å². The van der Waals surface area contributed by atoms with Crippen LogP contribution in [0.1, 0.15) is 18.5 Å². The number of halogens is 1. The summed E-state index contributed by atoms with van der Waals surface area (Å²) in [5, 5.41) is 7.94. The molecule has 0 saturated carbocycles. The zero-order valence-corrected chi connectivity index (χ0v) is 12.1. The fourth-order valence-corrected chi connectivity index (χ4v) is 2.42. The van der Waals surface area contributed by atoms with Crippen LogP contribution in [0.4, 0.5) is 9.93 Å². The molecule has 0 radical (unpaired) electrons. The summed E-state index contributed by atoms with van der Waals surface area (Å²) in [6.45, 7) is 1.93. The van der Waals surface area contributed by atoms with Crippen molar-refractivity contribution in [1.29, 1.82) is 0 Å². The normalized spacial score (nSPS) is 11.9. The smallest absolute Gasteiger partial charge is 0.321 e. The number of aromatic nitrogens is 1. The first-order chi connectivity index (χ1) is 8.65.